The molecule has 8 atom stereocenters. The topological polar surface area (TPSA) is 234 Å². The molecule has 6 rings (SSSR count). The minimum absolute atomic E-state index is 0.0649. The van der Waals surface area contributed by atoms with Crippen LogP contribution in [0.25, 0.3) is 10.2 Å². The monoisotopic (exact) mass is 930 g/mol. The number of fused-ring (bicyclic) bond motifs is 2. The smallest absolute Gasteiger partial charge is 0.457 e. The molecule has 1 aromatic heterocycles. The molecule has 0 bridgehead atoms. The summed E-state index contributed by atoms with van der Waals surface area (Å²) >= 11 is 1.56. The van der Waals surface area contributed by atoms with E-state index in [1.165, 1.54) is 44.2 Å². The number of aliphatic hydroxyl groups is 1. The summed E-state index contributed by atoms with van der Waals surface area (Å²) in [6.07, 6.45) is 1.39. The molecule has 3 aliphatic heterocycles. The van der Waals surface area contributed by atoms with Gasteiger partial charge in [0.05, 0.1) is 55.7 Å². The zero-order valence-corrected chi connectivity index (χ0v) is 38.9. The van der Waals surface area contributed by atoms with Crippen molar-refractivity contribution in [2.45, 2.75) is 142 Å². The summed E-state index contributed by atoms with van der Waals surface area (Å²) in [6, 6.07) is 9.12. The molecule has 2 N–H and O–H groups in total. The van der Waals surface area contributed by atoms with Gasteiger partial charge in [-0.15, -0.1) is 17.9 Å². The van der Waals surface area contributed by atoms with E-state index >= 15 is 0 Å². The molecule has 0 spiro atoms. The van der Waals surface area contributed by atoms with Crippen molar-refractivity contribution in [3.05, 3.63) is 87.5 Å². The second kappa shape index (κ2) is 20.8. The first kappa shape index (κ1) is 49.6. The van der Waals surface area contributed by atoms with Gasteiger partial charge in [-0.3, -0.25) is 39.0 Å². The SMILES string of the molecule is C=CC[C@H]1C(=O)C(C)(C)[C@@H](O)CC(=O)O[C@H](c2ccc3sc(C)nc3c2)C[C@H]2O[C@@]2(C)CCC[C@H](C)[C@@H]1OC(=O)OCc1ccc(NC(=O)CCC(CC)N2C(=O)C=CC2=O)c([N+](=O)[O-])c1. The van der Waals surface area contributed by atoms with Crippen molar-refractivity contribution >= 4 is 68.6 Å². The number of hydrogen-bond donors (Lipinski definition) is 2. The highest BCUT2D eigenvalue weighted by Crippen LogP contribution is 2.47. The van der Waals surface area contributed by atoms with Crippen molar-refractivity contribution in [3.8, 4) is 0 Å². The third kappa shape index (κ3) is 11.6. The van der Waals surface area contributed by atoms with Crippen LogP contribution in [0.4, 0.5) is 16.2 Å². The number of Topliss-reactive ketones (excluding diaryl/α,β-unsaturated/α-hetero) is 1. The standard InChI is InChI=1S/C48H58N4O13S/c1-8-11-32-44(64-46(59)62-26-29-13-16-33(35(22-29)52(60)61)50-40(54)18-15-31(9-2)51-41(55)19-20-42(51)56)27(3)12-10-21-48(7)39(65-48)24-36(30-14-17-37-34(23-30)49-28(4)66-37)63-43(57)25-38(53)47(5,6)45(32)58/h8,13-14,16-17,19-20,22-23,27,31-32,36,38-39,44,53H,1,9-12,15,18,21,24-26H2,2-7H3,(H,50,54)/t27-,31?,32+,36-,38-,39+,44-,48-/m0/s1. The van der Waals surface area contributed by atoms with Gasteiger partial charge in [-0.05, 0) is 81.2 Å². The molecule has 2 aromatic carbocycles. The van der Waals surface area contributed by atoms with Crippen molar-refractivity contribution in [2.75, 3.05) is 5.32 Å². The molecule has 18 heteroatoms. The molecule has 0 radical (unpaired) electrons. The van der Waals surface area contributed by atoms with Crippen molar-refractivity contribution < 1.29 is 57.7 Å². The highest BCUT2D eigenvalue weighted by molar-refractivity contribution is 7.18. The van der Waals surface area contributed by atoms with Gasteiger partial charge in [0.15, 0.2) is 0 Å². The van der Waals surface area contributed by atoms with Crippen molar-refractivity contribution in [1.29, 1.82) is 0 Å². The minimum atomic E-state index is -1.52. The molecule has 2 saturated heterocycles. The van der Waals surface area contributed by atoms with E-state index in [1.54, 1.807) is 18.3 Å². The van der Waals surface area contributed by atoms with Crippen LogP contribution in [0.1, 0.15) is 115 Å². The van der Waals surface area contributed by atoms with Crippen LogP contribution in [0, 0.1) is 34.3 Å². The molecule has 354 valence electrons. The van der Waals surface area contributed by atoms with Crippen LogP contribution in [-0.2, 0) is 49.5 Å². The summed E-state index contributed by atoms with van der Waals surface area (Å²) in [5.41, 5.74) is -0.872. The zero-order valence-electron chi connectivity index (χ0n) is 38.1. The predicted molar refractivity (Wildman–Crippen MR) is 243 cm³/mol. The number of ether oxygens (including phenoxy) is 4. The van der Waals surface area contributed by atoms with Crippen molar-refractivity contribution in [3.63, 3.8) is 0 Å². The number of thiazole rings is 1. The first-order valence-electron chi connectivity index (χ1n) is 22.3. The Hall–Kier alpha value is -5.85. The fourth-order valence-electron chi connectivity index (χ4n) is 8.89. The number of nitrogens with zero attached hydrogens (tertiary/aromatic N) is 3. The maximum Gasteiger partial charge on any atom is 0.508 e. The third-order valence-corrected chi connectivity index (χ3v) is 14.0. The molecule has 3 amide bonds. The number of hydrogen-bond acceptors (Lipinski definition) is 15. The van der Waals surface area contributed by atoms with Crippen LogP contribution >= 0.6 is 11.3 Å². The fraction of sp³-hybridized carbons (Fsp3) is 0.521. The Balaban J connectivity index is 1.14. The highest BCUT2D eigenvalue weighted by Gasteiger charge is 2.53. The lowest BCUT2D eigenvalue weighted by atomic mass is 9.71. The van der Waals surface area contributed by atoms with E-state index in [1.807, 2.05) is 39.0 Å². The van der Waals surface area contributed by atoms with E-state index in [0.717, 1.165) is 31.8 Å². The number of benzene rings is 2. The van der Waals surface area contributed by atoms with E-state index in [2.05, 4.69) is 16.9 Å². The second-order valence-electron chi connectivity index (χ2n) is 18.2. The Kier molecular flexibility index (Phi) is 15.6. The molecule has 3 aromatic rings. The number of aromatic nitrogens is 1. The Morgan fingerprint density at radius 1 is 1.14 bits per heavy atom. The van der Waals surface area contributed by atoms with E-state index < -0.39 is 106 Å². The molecule has 17 nitrogen and oxygen atoms in total. The number of ketones is 1. The van der Waals surface area contributed by atoms with E-state index in [0.29, 0.717) is 32.1 Å². The van der Waals surface area contributed by atoms with Crippen LogP contribution in [0.15, 0.2) is 61.2 Å². The van der Waals surface area contributed by atoms with Crippen molar-refractivity contribution in [2.24, 2.45) is 17.3 Å². The molecular weight excluding hydrogens is 873 g/mol. The third-order valence-electron chi connectivity index (χ3n) is 13.0. The van der Waals surface area contributed by atoms with E-state index in [4.69, 9.17) is 18.9 Å². The number of esters is 1. The van der Waals surface area contributed by atoms with Crippen LogP contribution in [0.2, 0.25) is 0 Å². The first-order chi connectivity index (χ1) is 31.2. The minimum Gasteiger partial charge on any atom is -0.457 e. The van der Waals surface area contributed by atoms with Gasteiger partial charge in [-0.1, -0.05) is 52.3 Å². The summed E-state index contributed by atoms with van der Waals surface area (Å²) in [7, 11) is 0. The number of carbonyl (C=O) groups excluding carboxylic acids is 6. The summed E-state index contributed by atoms with van der Waals surface area (Å²) in [4.78, 5) is 95.9. The molecule has 1 unspecified atom stereocenters. The zero-order chi connectivity index (χ0) is 48.1. The lowest BCUT2D eigenvalue weighted by Gasteiger charge is -2.37. The van der Waals surface area contributed by atoms with Crippen LogP contribution in [0.5, 0.6) is 0 Å². The van der Waals surface area contributed by atoms with Gasteiger partial charge in [0.2, 0.25) is 5.91 Å². The van der Waals surface area contributed by atoms with Gasteiger partial charge in [0, 0.05) is 37.1 Å². The van der Waals surface area contributed by atoms with Gasteiger partial charge in [0.1, 0.15) is 30.3 Å². The van der Waals surface area contributed by atoms with Crippen molar-refractivity contribution in [1.82, 2.24) is 9.88 Å². The molecule has 0 saturated carbocycles. The average molecular weight is 931 g/mol. The Bertz CT molecular complexity index is 2390. The number of aliphatic hydroxyl groups excluding tert-OH is 1. The van der Waals surface area contributed by atoms with Crippen LogP contribution in [0.3, 0.4) is 0 Å². The molecule has 0 aliphatic carbocycles. The average Bonchev–Trinajstić information content (AvgIpc) is 3.53. The number of amides is 3. The predicted octanol–water partition coefficient (Wildman–Crippen LogP) is 8.15. The summed E-state index contributed by atoms with van der Waals surface area (Å²) in [6.45, 7) is 14.0. The van der Waals surface area contributed by atoms with Gasteiger partial charge in [-0.25, -0.2) is 9.78 Å². The number of cyclic esters (lactones) is 1. The summed E-state index contributed by atoms with van der Waals surface area (Å²) in [5, 5.41) is 27.1. The second-order valence-corrected chi connectivity index (χ2v) is 19.4. The number of allylic oxidation sites excluding steroid dienone is 1. The lowest BCUT2D eigenvalue weighted by molar-refractivity contribution is -0.384. The van der Waals surface area contributed by atoms with Gasteiger partial charge < -0.3 is 29.4 Å². The summed E-state index contributed by atoms with van der Waals surface area (Å²) in [5.74, 6) is -4.09. The maximum absolute atomic E-state index is 14.5. The van der Waals surface area contributed by atoms with Crippen LogP contribution in [-0.4, -0.2) is 85.5 Å². The Labute approximate surface area is 387 Å². The number of anilines is 1. The van der Waals surface area contributed by atoms with Gasteiger partial charge in [-0.2, -0.15) is 0 Å². The van der Waals surface area contributed by atoms with E-state index in [9.17, 15) is 44.0 Å². The van der Waals surface area contributed by atoms with Gasteiger partial charge >= 0.3 is 12.1 Å². The highest BCUT2D eigenvalue weighted by atomic mass is 32.1. The molecule has 4 heterocycles. The van der Waals surface area contributed by atoms with Gasteiger partial charge in [0.25, 0.3) is 17.5 Å². The lowest BCUT2D eigenvalue weighted by Crippen LogP contribution is -2.47. The Morgan fingerprint density at radius 3 is 2.55 bits per heavy atom. The number of epoxide rings is 1. The quantitative estimate of drug-likeness (QED) is 0.0411. The largest absolute Gasteiger partial charge is 0.508 e. The summed E-state index contributed by atoms with van der Waals surface area (Å²) < 4.78 is 24.7. The molecule has 2 fully saturated rings. The number of nitro groups is 1. The maximum atomic E-state index is 14.5. The molecule has 66 heavy (non-hydrogen) atoms. The van der Waals surface area contributed by atoms with E-state index in [-0.39, 0.29) is 36.6 Å². The first-order valence-corrected chi connectivity index (χ1v) is 23.1. The number of nitrogens with one attached hydrogen (secondary N) is 1. The number of nitro benzene ring substituents is 1. The molecular formula is C48H58N4O13S. The fourth-order valence-corrected chi connectivity index (χ4v) is 9.70. The number of rotatable bonds is 13. The number of aryl methyl sites for hydroxylation is 1. The van der Waals surface area contributed by atoms with Crippen LogP contribution < -0.4 is 5.32 Å². The Morgan fingerprint density at radius 2 is 1.86 bits per heavy atom. The number of carbonyl (C=O) groups is 6. The number of imide groups is 1. The normalized spacial score (nSPS) is 26.3. The molecule has 3 aliphatic rings.